The first kappa shape index (κ1) is 18.0. The molecular formula is C20H26N2O2. The topological polar surface area (TPSA) is 65.2 Å². The van der Waals surface area contributed by atoms with E-state index < -0.39 is 5.60 Å². The standard InChI is InChI=1S/C20H26N2O2/c1-20(2,3)24-19(23)11-10-16-6-4-15(5-7-16)8-9-17-12-18(21)14-22-13-17/h4-7,12-14H,8-11,21H2,1-3H3. The minimum absolute atomic E-state index is 0.152. The molecule has 0 fully saturated rings. The van der Waals surface area contributed by atoms with Crippen molar-refractivity contribution < 1.29 is 9.53 Å². The third-order valence-electron chi connectivity index (χ3n) is 3.58. The van der Waals surface area contributed by atoms with Gasteiger partial charge in [0, 0.05) is 18.8 Å². The fourth-order valence-electron chi connectivity index (χ4n) is 2.44. The lowest BCUT2D eigenvalue weighted by atomic mass is 10.0. The highest BCUT2D eigenvalue weighted by Gasteiger charge is 2.15. The zero-order valence-corrected chi connectivity index (χ0v) is 14.7. The van der Waals surface area contributed by atoms with Gasteiger partial charge in [-0.1, -0.05) is 24.3 Å². The van der Waals surface area contributed by atoms with Crippen molar-refractivity contribution in [2.75, 3.05) is 5.73 Å². The highest BCUT2D eigenvalue weighted by molar-refractivity contribution is 5.70. The molecular weight excluding hydrogens is 300 g/mol. The molecule has 0 saturated carbocycles. The van der Waals surface area contributed by atoms with Crippen LogP contribution in [0.1, 0.15) is 43.9 Å². The minimum Gasteiger partial charge on any atom is -0.460 e. The van der Waals surface area contributed by atoms with Gasteiger partial charge in [-0.3, -0.25) is 9.78 Å². The van der Waals surface area contributed by atoms with Gasteiger partial charge in [0.25, 0.3) is 0 Å². The number of nitrogens with zero attached hydrogens (tertiary/aromatic N) is 1. The molecule has 0 aliphatic carbocycles. The van der Waals surface area contributed by atoms with Crippen molar-refractivity contribution in [1.82, 2.24) is 4.98 Å². The zero-order valence-electron chi connectivity index (χ0n) is 14.7. The Balaban J connectivity index is 1.81. The zero-order chi connectivity index (χ0) is 17.6. The molecule has 0 atom stereocenters. The van der Waals surface area contributed by atoms with Crippen LogP contribution < -0.4 is 5.73 Å². The number of hydrogen-bond acceptors (Lipinski definition) is 4. The second-order valence-corrected chi connectivity index (χ2v) is 7.03. The molecule has 0 aliphatic rings. The van der Waals surface area contributed by atoms with Crippen LogP contribution in [0.2, 0.25) is 0 Å². The normalized spacial score (nSPS) is 11.3. The summed E-state index contributed by atoms with van der Waals surface area (Å²) in [4.78, 5) is 15.9. The van der Waals surface area contributed by atoms with Gasteiger partial charge in [0.05, 0.1) is 5.69 Å². The second kappa shape index (κ2) is 7.95. The van der Waals surface area contributed by atoms with Gasteiger partial charge in [-0.25, -0.2) is 0 Å². The molecule has 2 N–H and O–H groups in total. The Hall–Kier alpha value is -2.36. The van der Waals surface area contributed by atoms with Crippen molar-refractivity contribution in [1.29, 1.82) is 0 Å². The number of hydrogen-bond donors (Lipinski definition) is 1. The molecule has 1 aromatic heterocycles. The number of pyridine rings is 1. The first-order valence-electron chi connectivity index (χ1n) is 8.31. The van der Waals surface area contributed by atoms with Crippen molar-refractivity contribution in [2.45, 2.75) is 52.1 Å². The van der Waals surface area contributed by atoms with Crippen LogP contribution in [0.3, 0.4) is 0 Å². The molecule has 4 nitrogen and oxygen atoms in total. The van der Waals surface area contributed by atoms with Gasteiger partial charge in [-0.2, -0.15) is 0 Å². The molecule has 128 valence electrons. The molecule has 0 unspecified atom stereocenters. The van der Waals surface area contributed by atoms with Crippen LogP contribution in [0.4, 0.5) is 5.69 Å². The largest absolute Gasteiger partial charge is 0.460 e. The van der Waals surface area contributed by atoms with Crippen LogP contribution in [0.15, 0.2) is 42.7 Å². The Morgan fingerprint density at radius 3 is 2.17 bits per heavy atom. The van der Waals surface area contributed by atoms with E-state index in [1.807, 2.05) is 33.0 Å². The van der Waals surface area contributed by atoms with E-state index in [4.69, 9.17) is 10.5 Å². The van der Waals surface area contributed by atoms with Crippen LogP contribution in [0.5, 0.6) is 0 Å². The van der Waals surface area contributed by atoms with Crippen LogP contribution in [0.25, 0.3) is 0 Å². The van der Waals surface area contributed by atoms with Crippen molar-refractivity contribution in [3.05, 3.63) is 59.4 Å². The summed E-state index contributed by atoms with van der Waals surface area (Å²) in [6.07, 6.45) is 6.47. The van der Waals surface area contributed by atoms with E-state index in [2.05, 4.69) is 29.2 Å². The van der Waals surface area contributed by atoms with E-state index >= 15 is 0 Å². The molecule has 0 radical (unpaired) electrons. The molecule has 1 heterocycles. The highest BCUT2D eigenvalue weighted by atomic mass is 16.6. The van der Waals surface area contributed by atoms with Gasteiger partial charge >= 0.3 is 5.97 Å². The summed E-state index contributed by atoms with van der Waals surface area (Å²) in [6, 6.07) is 10.4. The van der Waals surface area contributed by atoms with Gasteiger partial charge in [0.15, 0.2) is 0 Å². The lowest BCUT2D eigenvalue weighted by molar-refractivity contribution is -0.154. The Kier molecular flexibility index (Phi) is 5.96. The molecule has 4 heteroatoms. The van der Waals surface area contributed by atoms with E-state index in [1.165, 1.54) is 5.56 Å². The SMILES string of the molecule is CC(C)(C)OC(=O)CCc1ccc(CCc2cncc(N)c2)cc1. The molecule has 0 amide bonds. The van der Waals surface area contributed by atoms with Crippen LogP contribution in [-0.4, -0.2) is 16.6 Å². The van der Waals surface area contributed by atoms with Crippen molar-refractivity contribution in [3.8, 4) is 0 Å². The van der Waals surface area contributed by atoms with E-state index in [9.17, 15) is 4.79 Å². The molecule has 0 saturated heterocycles. The van der Waals surface area contributed by atoms with Crippen LogP contribution >= 0.6 is 0 Å². The maximum Gasteiger partial charge on any atom is 0.306 e. The number of carbonyl (C=O) groups excluding carboxylic acids is 1. The van der Waals surface area contributed by atoms with E-state index in [0.29, 0.717) is 18.5 Å². The number of carbonyl (C=O) groups is 1. The summed E-state index contributed by atoms with van der Waals surface area (Å²) in [5, 5.41) is 0. The molecule has 0 bridgehead atoms. The number of ether oxygens (including phenoxy) is 1. The Morgan fingerprint density at radius 1 is 1.00 bits per heavy atom. The van der Waals surface area contributed by atoms with Crippen LogP contribution in [-0.2, 0) is 28.8 Å². The molecule has 2 rings (SSSR count). The first-order valence-corrected chi connectivity index (χ1v) is 8.31. The van der Waals surface area contributed by atoms with E-state index in [-0.39, 0.29) is 5.97 Å². The number of aromatic nitrogens is 1. The number of benzene rings is 1. The number of nitrogen functional groups attached to an aromatic ring is 1. The maximum atomic E-state index is 11.7. The van der Waals surface area contributed by atoms with Crippen molar-refractivity contribution in [3.63, 3.8) is 0 Å². The number of rotatable bonds is 6. The summed E-state index contributed by atoms with van der Waals surface area (Å²) < 4.78 is 5.33. The summed E-state index contributed by atoms with van der Waals surface area (Å²) in [6.45, 7) is 5.65. The smallest absolute Gasteiger partial charge is 0.306 e. The Morgan fingerprint density at radius 2 is 1.58 bits per heavy atom. The third kappa shape index (κ3) is 6.41. The average Bonchev–Trinajstić information content (AvgIpc) is 2.50. The van der Waals surface area contributed by atoms with Crippen LogP contribution in [0, 0.1) is 0 Å². The average molecular weight is 326 g/mol. The second-order valence-electron chi connectivity index (χ2n) is 7.03. The predicted octanol–water partition coefficient (Wildman–Crippen LogP) is 3.72. The maximum absolute atomic E-state index is 11.7. The van der Waals surface area contributed by atoms with E-state index in [0.717, 1.165) is 24.0 Å². The lowest BCUT2D eigenvalue weighted by Gasteiger charge is -2.19. The van der Waals surface area contributed by atoms with Gasteiger partial charge in [-0.05, 0) is 62.8 Å². The van der Waals surface area contributed by atoms with Gasteiger partial charge < -0.3 is 10.5 Å². The molecule has 24 heavy (non-hydrogen) atoms. The van der Waals surface area contributed by atoms with Gasteiger partial charge in [0.1, 0.15) is 5.60 Å². The van der Waals surface area contributed by atoms with Crippen molar-refractivity contribution in [2.24, 2.45) is 0 Å². The number of aryl methyl sites for hydroxylation is 3. The summed E-state index contributed by atoms with van der Waals surface area (Å²) in [5.74, 6) is -0.152. The first-order chi connectivity index (χ1) is 11.3. The molecule has 0 aliphatic heterocycles. The predicted molar refractivity (Wildman–Crippen MR) is 96.7 cm³/mol. The lowest BCUT2D eigenvalue weighted by Crippen LogP contribution is -2.23. The Bertz CT molecular complexity index is 673. The Labute approximate surface area is 144 Å². The number of nitrogens with two attached hydrogens (primary N) is 1. The van der Waals surface area contributed by atoms with E-state index in [1.54, 1.807) is 6.20 Å². The molecule has 0 spiro atoms. The monoisotopic (exact) mass is 326 g/mol. The molecule has 2 aromatic rings. The summed E-state index contributed by atoms with van der Waals surface area (Å²) in [7, 11) is 0. The fraction of sp³-hybridized carbons (Fsp3) is 0.400. The number of esters is 1. The summed E-state index contributed by atoms with van der Waals surface area (Å²) >= 11 is 0. The quantitative estimate of drug-likeness (QED) is 0.822. The third-order valence-corrected chi connectivity index (χ3v) is 3.58. The highest BCUT2D eigenvalue weighted by Crippen LogP contribution is 2.13. The summed E-state index contributed by atoms with van der Waals surface area (Å²) in [5.41, 5.74) is 9.58. The molecule has 1 aromatic carbocycles. The fourth-order valence-corrected chi connectivity index (χ4v) is 2.44. The van der Waals surface area contributed by atoms with Gasteiger partial charge in [-0.15, -0.1) is 0 Å². The number of anilines is 1. The minimum atomic E-state index is -0.420. The van der Waals surface area contributed by atoms with Crippen molar-refractivity contribution >= 4 is 11.7 Å². The van der Waals surface area contributed by atoms with Gasteiger partial charge in [0.2, 0.25) is 0 Å².